The SMILES string of the molecule is CCOP(COC1C=C(F)C(N2CNc3c(OC)ncnc32)O1)OCC. The number of hydrogen-bond donors (Lipinski definition) is 1. The fourth-order valence-electron chi connectivity index (χ4n) is 2.61. The minimum absolute atomic E-state index is 0.197. The van der Waals surface area contributed by atoms with Gasteiger partial charge in [0, 0.05) is 6.08 Å². The molecule has 0 radical (unpaired) electrons. The van der Waals surface area contributed by atoms with Crippen LogP contribution in [0.3, 0.4) is 0 Å². The molecule has 0 fully saturated rings. The van der Waals surface area contributed by atoms with Gasteiger partial charge in [0.25, 0.3) is 0 Å². The van der Waals surface area contributed by atoms with E-state index in [1.165, 1.54) is 19.5 Å². The molecule has 1 aromatic rings. The van der Waals surface area contributed by atoms with E-state index in [2.05, 4.69) is 15.3 Å². The fourth-order valence-corrected chi connectivity index (χ4v) is 3.68. The Morgan fingerprint density at radius 2 is 2.12 bits per heavy atom. The van der Waals surface area contributed by atoms with Crippen molar-refractivity contribution < 1.29 is 27.6 Å². The number of hydrogen-bond acceptors (Lipinski definition) is 9. The zero-order chi connectivity index (χ0) is 18.5. The van der Waals surface area contributed by atoms with E-state index in [0.717, 1.165) is 0 Å². The van der Waals surface area contributed by atoms with E-state index >= 15 is 0 Å². The Bertz CT molecular complexity index is 646. The first-order valence-electron chi connectivity index (χ1n) is 8.25. The molecule has 2 aliphatic rings. The maximum atomic E-state index is 14.4. The van der Waals surface area contributed by atoms with Crippen LogP contribution >= 0.6 is 8.38 Å². The van der Waals surface area contributed by atoms with Crippen LogP contribution in [0.25, 0.3) is 0 Å². The lowest BCUT2D eigenvalue weighted by Crippen LogP contribution is -2.37. The van der Waals surface area contributed by atoms with Gasteiger partial charge in [-0.25, -0.2) is 9.37 Å². The Labute approximate surface area is 152 Å². The maximum absolute atomic E-state index is 14.4. The molecule has 0 aliphatic carbocycles. The molecular weight excluding hydrogens is 366 g/mol. The molecule has 26 heavy (non-hydrogen) atoms. The van der Waals surface area contributed by atoms with Crippen molar-refractivity contribution in [1.82, 2.24) is 9.97 Å². The summed E-state index contributed by atoms with van der Waals surface area (Å²) >= 11 is 0. The second kappa shape index (κ2) is 8.88. The minimum Gasteiger partial charge on any atom is -0.479 e. The van der Waals surface area contributed by atoms with Gasteiger partial charge in [0.15, 0.2) is 32.5 Å². The molecule has 3 rings (SSSR count). The van der Waals surface area contributed by atoms with Gasteiger partial charge < -0.3 is 33.5 Å². The molecule has 2 aliphatic heterocycles. The smallest absolute Gasteiger partial charge is 0.242 e. The standard InChI is InChI=1S/C15H22FN4O5P/c1-4-23-26(24-5-2)9-22-11-6-10(16)15(25-11)20-8-19-12-13(20)17-7-18-14(12)21-3/h6-7,11,15,19H,4-5,8-9H2,1-3H3. The summed E-state index contributed by atoms with van der Waals surface area (Å²) < 4.78 is 41.8. The van der Waals surface area contributed by atoms with Crippen molar-refractivity contribution in [2.45, 2.75) is 26.4 Å². The van der Waals surface area contributed by atoms with E-state index in [1.807, 2.05) is 13.8 Å². The van der Waals surface area contributed by atoms with E-state index in [-0.39, 0.29) is 6.35 Å². The Morgan fingerprint density at radius 3 is 2.81 bits per heavy atom. The zero-order valence-corrected chi connectivity index (χ0v) is 15.7. The van der Waals surface area contributed by atoms with Crippen LogP contribution in [-0.4, -0.2) is 55.8 Å². The molecule has 144 valence electrons. The van der Waals surface area contributed by atoms with E-state index in [0.29, 0.717) is 37.3 Å². The van der Waals surface area contributed by atoms with Crippen LogP contribution in [0, 0.1) is 0 Å². The molecule has 1 aromatic heterocycles. The van der Waals surface area contributed by atoms with Crippen LogP contribution in [0.15, 0.2) is 18.2 Å². The zero-order valence-electron chi connectivity index (χ0n) is 14.8. The summed E-state index contributed by atoms with van der Waals surface area (Å²) in [5.74, 6) is 0.461. The van der Waals surface area contributed by atoms with Gasteiger partial charge in [-0.05, 0) is 13.8 Å². The largest absolute Gasteiger partial charge is 0.479 e. The average Bonchev–Trinajstić information content (AvgIpc) is 3.23. The van der Waals surface area contributed by atoms with Gasteiger partial charge in [0.1, 0.15) is 18.4 Å². The summed E-state index contributed by atoms with van der Waals surface area (Å²) in [6.07, 6.45) is 1.10. The van der Waals surface area contributed by atoms with Gasteiger partial charge in [0.05, 0.1) is 27.0 Å². The fraction of sp³-hybridized carbons (Fsp3) is 0.600. The number of ether oxygens (including phenoxy) is 3. The Hall–Kier alpha value is -1.58. The van der Waals surface area contributed by atoms with Crippen LogP contribution in [0.4, 0.5) is 15.9 Å². The highest BCUT2D eigenvalue weighted by atomic mass is 31.2. The van der Waals surface area contributed by atoms with Crippen molar-refractivity contribution in [3.8, 4) is 5.88 Å². The van der Waals surface area contributed by atoms with Crippen LogP contribution in [0.2, 0.25) is 0 Å². The van der Waals surface area contributed by atoms with E-state index in [1.54, 1.807) is 4.90 Å². The van der Waals surface area contributed by atoms with Gasteiger partial charge in [-0.15, -0.1) is 0 Å². The monoisotopic (exact) mass is 388 g/mol. The molecule has 0 spiro atoms. The first-order chi connectivity index (χ1) is 12.7. The quantitative estimate of drug-likeness (QED) is 0.641. The highest BCUT2D eigenvalue weighted by Crippen LogP contribution is 2.41. The van der Waals surface area contributed by atoms with Gasteiger partial charge in [-0.2, -0.15) is 4.98 Å². The topological polar surface area (TPSA) is 87.2 Å². The number of nitrogens with zero attached hydrogens (tertiary/aromatic N) is 3. The van der Waals surface area contributed by atoms with Crippen molar-refractivity contribution in [3.63, 3.8) is 0 Å². The number of methoxy groups -OCH3 is 1. The third kappa shape index (κ3) is 4.05. The molecule has 11 heteroatoms. The minimum atomic E-state index is -1.18. The highest BCUT2D eigenvalue weighted by molar-refractivity contribution is 7.47. The third-order valence-corrected chi connectivity index (χ3v) is 5.10. The summed E-state index contributed by atoms with van der Waals surface area (Å²) in [4.78, 5) is 9.86. The van der Waals surface area contributed by atoms with Gasteiger partial charge >= 0.3 is 0 Å². The first-order valence-corrected chi connectivity index (χ1v) is 9.61. The lowest BCUT2D eigenvalue weighted by atomic mass is 10.4. The first kappa shape index (κ1) is 19.2. The highest BCUT2D eigenvalue weighted by Gasteiger charge is 2.38. The molecule has 0 amide bonds. The van der Waals surface area contributed by atoms with Gasteiger partial charge in [0.2, 0.25) is 5.88 Å². The molecule has 1 N–H and O–H groups in total. The van der Waals surface area contributed by atoms with Crippen molar-refractivity contribution in [3.05, 3.63) is 18.2 Å². The molecular formula is C15H22FN4O5P. The summed E-state index contributed by atoms with van der Waals surface area (Å²) in [7, 11) is 0.331. The summed E-state index contributed by atoms with van der Waals surface area (Å²) in [5, 5.41) is 3.09. The maximum Gasteiger partial charge on any atom is 0.242 e. The number of anilines is 2. The van der Waals surface area contributed by atoms with E-state index < -0.39 is 26.7 Å². The van der Waals surface area contributed by atoms with E-state index in [4.69, 9.17) is 23.3 Å². The number of fused-ring (bicyclic) bond motifs is 1. The van der Waals surface area contributed by atoms with Gasteiger partial charge in [-0.3, -0.25) is 0 Å². The molecule has 2 atom stereocenters. The van der Waals surface area contributed by atoms with Crippen LogP contribution in [0.5, 0.6) is 5.88 Å². The molecule has 0 saturated carbocycles. The predicted molar refractivity (Wildman–Crippen MR) is 93.5 cm³/mol. The molecule has 9 nitrogen and oxygen atoms in total. The van der Waals surface area contributed by atoms with Crippen molar-refractivity contribution >= 4 is 19.9 Å². The lowest BCUT2D eigenvalue weighted by Gasteiger charge is -2.25. The van der Waals surface area contributed by atoms with Crippen LogP contribution in [0.1, 0.15) is 13.8 Å². The van der Waals surface area contributed by atoms with Crippen LogP contribution in [-0.2, 0) is 18.5 Å². The Morgan fingerprint density at radius 1 is 1.35 bits per heavy atom. The normalized spacial score (nSPS) is 21.7. The predicted octanol–water partition coefficient (Wildman–Crippen LogP) is 2.57. The third-order valence-electron chi connectivity index (χ3n) is 3.65. The van der Waals surface area contributed by atoms with E-state index in [9.17, 15) is 4.39 Å². The van der Waals surface area contributed by atoms with Gasteiger partial charge in [-0.1, -0.05) is 0 Å². The molecule has 0 bridgehead atoms. The van der Waals surface area contributed by atoms with Crippen molar-refractivity contribution in [2.24, 2.45) is 0 Å². The molecule has 0 saturated heterocycles. The second-order valence-corrected chi connectivity index (χ2v) is 6.70. The Kier molecular flexibility index (Phi) is 6.55. The summed E-state index contributed by atoms with van der Waals surface area (Å²) in [5.41, 5.74) is 0.604. The second-order valence-electron chi connectivity index (χ2n) is 5.26. The van der Waals surface area contributed by atoms with Crippen molar-refractivity contribution in [1.29, 1.82) is 0 Å². The van der Waals surface area contributed by atoms with Crippen molar-refractivity contribution in [2.75, 3.05) is 43.6 Å². The number of rotatable bonds is 9. The summed E-state index contributed by atoms with van der Waals surface area (Å²) in [6.45, 7) is 5.11. The summed E-state index contributed by atoms with van der Waals surface area (Å²) in [6, 6.07) is 0. The molecule has 2 unspecified atom stereocenters. The number of aromatic nitrogens is 2. The lowest BCUT2D eigenvalue weighted by molar-refractivity contribution is -0.109. The number of nitrogens with one attached hydrogen (secondary N) is 1. The molecule has 3 heterocycles. The van der Waals surface area contributed by atoms with Crippen LogP contribution < -0.4 is 15.0 Å². The Balaban J connectivity index is 1.62. The molecule has 0 aromatic carbocycles. The average molecular weight is 388 g/mol. The number of halogens is 1.